The predicted octanol–water partition coefficient (Wildman–Crippen LogP) is 0.750. The van der Waals surface area contributed by atoms with Gasteiger partial charge in [0.05, 0.1) is 6.20 Å². The lowest BCUT2D eigenvalue weighted by Gasteiger charge is -2.00. The summed E-state index contributed by atoms with van der Waals surface area (Å²) in [4.78, 5) is 15.9. The summed E-state index contributed by atoms with van der Waals surface area (Å²) in [7, 11) is 1.68. The molecule has 0 aromatic carbocycles. The molecule has 0 N–H and O–H groups in total. The van der Waals surface area contributed by atoms with Crippen LogP contribution in [0.25, 0.3) is 0 Å². The maximum atomic E-state index is 11.9. The minimum Gasteiger partial charge on any atom is -0.287 e. The lowest BCUT2D eigenvalue weighted by atomic mass is 10.1. The van der Waals surface area contributed by atoms with Crippen LogP contribution in [-0.4, -0.2) is 25.8 Å². The van der Waals surface area contributed by atoms with Gasteiger partial charge in [-0.3, -0.25) is 9.78 Å². The zero-order chi connectivity index (χ0) is 10.8. The van der Waals surface area contributed by atoms with E-state index in [-0.39, 0.29) is 5.78 Å². The van der Waals surface area contributed by atoms with Gasteiger partial charge in [-0.05, 0) is 18.6 Å². The summed E-state index contributed by atoms with van der Waals surface area (Å²) in [6.07, 6.45) is 4.70. The number of rotatable bonds is 2. The molecule has 2 aromatic rings. The number of hydrogen-bond acceptors (Lipinski definition) is 4. The van der Waals surface area contributed by atoms with Gasteiger partial charge in [0, 0.05) is 25.0 Å². The zero-order valence-corrected chi connectivity index (χ0v) is 8.51. The van der Waals surface area contributed by atoms with Crippen LogP contribution in [0.2, 0.25) is 0 Å². The van der Waals surface area contributed by atoms with Crippen LogP contribution in [0, 0.1) is 6.92 Å². The number of pyridine rings is 1. The molecule has 0 aliphatic rings. The smallest absolute Gasteiger partial charge is 0.214 e. The van der Waals surface area contributed by atoms with E-state index >= 15 is 0 Å². The molecule has 0 radical (unpaired) electrons. The fourth-order valence-corrected chi connectivity index (χ4v) is 1.32. The van der Waals surface area contributed by atoms with Crippen molar-refractivity contribution in [2.45, 2.75) is 6.92 Å². The highest BCUT2D eigenvalue weighted by molar-refractivity contribution is 6.07. The zero-order valence-electron chi connectivity index (χ0n) is 8.51. The molecule has 5 heteroatoms. The highest BCUT2D eigenvalue weighted by Crippen LogP contribution is 2.07. The van der Waals surface area contributed by atoms with E-state index in [0.717, 1.165) is 5.56 Å². The molecule has 0 atom stereocenters. The van der Waals surface area contributed by atoms with Crippen LogP contribution in [0.3, 0.4) is 0 Å². The molecule has 5 nitrogen and oxygen atoms in total. The highest BCUT2D eigenvalue weighted by atomic mass is 16.1. The number of nitrogens with zero attached hydrogens (tertiary/aromatic N) is 4. The maximum Gasteiger partial charge on any atom is 0.214 e. The van der Waals surface area contributed by atoms with Crippen molar-refractivity contribution in [3.8, 4) is 0 Å². The summed E-state index contributed by atoms with van der Waals surface area (Å²) < 4.78 is 1.45. The molecule has 0 unspecified atom stereocenters. The van der Waals surface area contributed by atoms with Crippen LogP contribution >= 0.6 is 0 Å². The van der Waals surface area contributed by atoms with Gasteiger partial charge < -0.3 is 0 Å². The molecular weight excluding hydrogens is 192 g/mol. The first-order chi connectivity index (χ1) is 7.18. The van der Waals surface area contributed by atoms with Gasteiger partial charge in [0.25, 0.3) is 0 Å². The van der Waals surface area contributed by atoms with Crippen LogP contribution in [0.4, 0.5) is 0 Å². The molecule has 76 valence electrons. The van der Waals surface area contributed by atoms with E-state index in [1.165, 1.54) is 10.9 Å². The Balaban J connectivity index is 2.41. The van der Waals surface area contributed by atoms with E-state index < -0.39 is 0 Å². The third kappa shape index (κ3) is 1.76. The number of aryl methyl sites for hydroxylation is 2. The van der Waals surface area contributed by atoms with Crippen molar-refractivity contribution < 1.29 is 4.79 Å². The number of ketones is 1. The molecule has 0 aliphatic heterocycles. The highest BCUT2D eigenvalue weighted by Gasteiger charge is 2.13. The van der Waals surface area contributed by atoms with Crippen LogP contribution in [0.5, 0.6) is 0 Å². The van der Waals surface area contributed by atoms with Crippen LogP contribution < -0.4 is 0 Å². The van der Waals surface area contributed by atoms with E-state index in [0.29, 0.717) is 11.3 Å². The fraction of sp³-hybridized carbons (Fsp3) is 0.200. The maximum absolute atomic E-state index is 11.9. The van der Waals surface area contributed by atoms with Crippen LogP contribution in [0.1, 0.15) is 21.6 Å². The topological polar surface area (TPSA) is 60.7 Å². The summed E-state index contributed by atoms with van der Waals surface area (Å²) in [5, 5.41) is 7.37. The van der Waals surface area contributed by atoms with Crippen molar-refractivity contribution in [2.24, 2.45) is 7.05 Å². The van der Waals surface area contributed by atoms with Gasteiger partial charge in [-0.1, -0.05) is 5.21 Å². The monoisotopic (exact) mass is 202 g/mol. The number of carbonyl (C=O) groups excluding carboxylic acids is 1. The Labute approximate surface area is 86.8 Å². The van der Waals surface area contributed by atoms with Crippen molar-refractivity contribution in [2.75, 3.05) is 0 Å². The lowest BCUT2D eigenvalue weighted by Crippen LogP contribution is -2.08. The molecule has 0 fully saturated rings. The Morgan fingerprint density at radius 3 is 2.73 bits per heavy atom. The Kier molecular flexibility index (Phi) is 2.29. The Bertz CT molecular complexity index is 504. The van der Waals surface area contributed by atoms with Crippen molar-refractivity contribution in [1.82, 2.24) is 20.0 Å². The molecule has 0 amide bonds. The average Bonchev–Trinajstić information content (AvgIpc) is 2.63. The first kappa shape index (κ1) is 9.51. The second-order valence-corrected chi connectivity index (χ2v) is 3.32. The second kappa shape index (κ2) is 3.61. The molecule has 2 aromatic heterocycles. The second-order valence-electron chi connectivity index (χ2n) is 3.32. The molecule has 0 saturated heterocycles. The largest absolute Gasteiger partial charge is 0.287 e. The quantitative estimate of drug-likeness (QED) is 0.674. The van der Waals surface area contributed by atoms with Crippen molar-refractivity contribution in [1.29, 1.82) is 0 Å². The van der Waals surface area contributed by atoms with Crippen molar-refractivity contribution >= 4 is 5.78 Å². The summed E-state index contributed by atoms with van der Waals surface area (Å²) in [5.41, 5.74) is 1.97. The molecule has 0 bridgehead atoms. The van der Waals surface area contributed by atoms with Crippen molar-refractivity contribution in [3.05, 3.63) is 41.5 Å². The average molecular weight is 202 g/mol. The first-order valence-electron chi connectivity index (χ1n) is 4.49. The third-order valence-electron chi connectivity index (χ3n) is 2.08. The SMILES string of the molecule is Cc1cncc(C(=O)c2cnnn2C)c1. The van der Waals surface area contributed by atoms with Gasteiger partial charge in [0.2, 0.25) is 5.78 Å². The van der Waals surface area contributed by atoms with E-state index in [9.17, 15) is 4.79 Å². The fourth-order valence-electron chi connectivity index (χ4n) is 1.32. The number of carbonyl (C=O) groups is 1. The molecule has 2 heterocycles. The van der Waals surface area contributed by atoms with Gasteiger partial charge in [-0.25, -0.2) is 4.68 Å². The van der Waals surface area contributed by atoms with Gasteiger partial charge in [0.1, 0.15) is 5.69 Å². The Hall–Kier alpha value is -2.04. The normalized spacial score (nSPS) is 10.3. The molecule has 0 spiro atoms. The summed E-state index contributed by atoms with van der Waals surface area (Å²) in [5.74, 6) is -0.112. The Morgan fingerprint density at radius 2 is 2.13 bits per heavy atom. The predicted molar refractivity (Wildman–Crippen MR) is 53.4 cm³/mol. The van der Waals surface area contributed by atoms with E-state index in [1.54, 1.807) is 25.5 Å². The minimum absolute atomic E-state index is 0.112. The molecule has 0 saturated carbocycles. The van der Waals surface area contributed by atoms with Gasteiger partial charge in [-0.15, -0.1) is 5.10 Å². The standard InChI is InChI=1S/C10H10N4O/c1-7-3-8(5-11-4-7)10(15)9-6-12-13-14(9)2/h3-6H,1-2H3. The van der Waals surface area contributed by atoms with Crippen LogP contribution in [-0.2, 0) is 7.05 Å². The molecule has 15 heavy (non-hydrogen) atoms. The number of hydrogen-bond donors (Lipinski definition) is 0. The minimum atomic E-state index is -0.112. The van der Waals surface area contributed by atoms with E-state index in [1.807, 2.05) is 6.92 Å². The summed E-state index contributed by atoms with van der Waals surface area (Å²) in [6.45, 7) is 1.89. The van der Waals surface area contributed by atoms with E-state index in [2.05, 4.69) is 15.3 Å². The van der Waals surface area contributed by atoms with Gasteiger partial charge in [0.15, 0.2) is 0 Å². The van der Waals surface area contributed by atoms with Crippen LogP contribution in [0.15, 0.2) is 24.7 Å². The Morgan fingerprint density at radius 1 is 1.33 bits per heavy atom. The lowest BCUT2D eigenvalue weighted by molar-refractivity contribution is 0.103. The summed E-state index contributed by atoms with van der Waals surface area (Å²) >= 11 is 0. The number of aromatic nitrogens is 4. The van der Waals surface area contributed by atoms with Gasteiger partial charge >= 0.3 is 0 Å². The summed E-state index contributed by atoms with van der Waals surface area (Å²) in [6, 6.07) is 1.79. The van der Waals surface area contributed by atoms with Gasteiger partial charge in [-0.2, -0.15) is 0 Å². The molecular formula is C10H10N4O. The third-order valence-corrected chi connectivity index (χ3v) is 2.08. The van der Waals surface area contributed by atoms with Crippen molar-refractivity contribution in [3.63, 3.8) is 0 Å². The van der Waals surface area contributed by atoms with E-state index in [4.69, 9.17) is 0 Å². The molecule has 0 aliphatic carbocycles. The first-order valence-corrected chi connectivity index (χ1v) is 4.49. The molecule has 2 rings (SSSR count).